The zero-order valence-corrected chi connectivity index (χ0v) is 86.1. The normalized spacial score (nSPS) is 0. The van der Waals surface area contributed by atoms with Crippen LogP contribution in [0.15, 0.2) is 0 Å². The molecule has 0 aromatic carbocycles. The summed E-state index contributed by atoms with van der Waals surface area (Å²) in [7, 11) is 0. The second kappa shape index (κ2) is 6720. The molecule has 88 nitrogen and oxygen atoms in total. The van der Waals surface area contributed by atoms with Crippen LogP contribution in [0.4, 0.5) is 0 Å². The van der Waals surface area contributed by atoms with Gasteiger partial charge in [0.2, 0.25) is 0 Å². The smallest absolute Gasteiger partial charge is 0.870 e. The van der Waals surface area contributed by atoms with E-state index >= 15 is 0 Å². The van der Waals surface area contributed by atoms with E-state index in [0.29, 0.717) is 0 Å². The first kappa shape index (κ1) is 6900. The minimum atomic E-state index is 0. The molecular weight excluding hydrogens is 2010 g/mol. The Balaban J connectivity index is 0. The van der Waals surface area contributed by atoms with Crippen molar-refractivity contribution in [2.24, 2.45) is 0 Å². The summed E-state index contributed by atoms with van der Waals surface area (Å²) in [6, 6.07) is 0. The maximum Gasteiger partial charge on any atom is 2.00 e. The third-order valence-electron chi connectivity index (χ3n) is 0. The first-order chi connectivity index (χ1) is 0. The largest absolute Gasteiger partial charge is 2.00 e. The van der Waals surface area contributed by atoms with Gasteiger partial charge < -0.3 is 482 Å². The third kappa shape index (κ3) is 6610. The first-order valence-electron chi connectivity index (χ1n) is 0. The van der Waals surface area contributed by atoms with E-state index in [1.165, 1.54) is 0 Å². The van der Waals surface area contributed by atoms with Crippen LogP contribution in [0.5, 0.6) is 0 Å². The van der Waals surface area contributed by atoms with Gasteiger partial charge in [0.25, 0.3) is 0 Å². The fraction of sp³-hybridized carbons (Fsp3) is 0. The number of hydrogen-bond acceptors (Lipinski definition) is 30. The van der Waals surface area contributed by atoms with Gasteiger partial charge in [-0.25, -0.2) is 0 Å². The Bertz CT molecular complexity index is 61.7. The van der Waals surface area contributed by atoms with Crippen LogP contribution in [0, 0.1) is 0 Å². The van der Waals surface area contributed by atoms with Crippen molar-refractivity contribution in [3.63, 3.8) is 0 Å². The second-order valence-corrected chi connectivity index (χ2v) is 0. The van der Waals surface area contributed by atoms with Crippen LogP contribution in [-0.4, -0.2) is 1050 Å². The van der Waals surface area contributed by atoms with E-state index in [1.54, 1.807) is 0 Å². The Morgan fingerprint density at radius 2 is 0.0291 bits per heavy atom. The monoisotopic (exact) mass is 2150 g/mol. The summed E-state index contributed by atoms with van der Waals surface area (Å²) in [6.45, 7) is 0. The molecule has 0 spiro atoms. The molecule has 0 aliphatic heterocycles. The molecule has 0 aromatic heterocycles. The quantitative estimate of drug-likeness (QED) is 0.203. The second-order valence-electron chi connectivity index (χ2n) is 0. The van der Waals surface area contributed by atoms with E-state index in [4.69, 9.17) is 0 Å². The zero-order chi connectivity index (χ0) is 0. The molecule has 0 aromatic rings. The molecule has 0 aliphatic rings. The molecule has 103 heteroatoms. The zero-order valence-electron chi connectivity index (χ0n) is 53.0. The van der Waals surface area contributed by atoms with Gasteiger partial charge in [-0.1, -0.05) is 0 Å². The molecule has 0 saturated heterocycles. The number of hydrogen-bond donors (Lipinski definition) is 0. The first-order valence-corrected chi connectivity index (χ1v) is 0. The predicted molar refractivity (Wildman–Crippen MR) is 354 cm³/mol. The van der Waals surface area contributed by atoms with Crippen LogP contribution < -0.4 is 0 Å². The van der Waals surface area contributed by atoms with Crippen LogP contribution >= 0.6 is 0 Å². The van der Waals surface area contributed by atoms with Crippen molar-refractivity contribution < 1.29 is 482 Å². The van der Waals surface area contributed by atoms with Gasteiger partial charge in [-0.15, -0.1) is 0 Å². The van der Waals surface area contributed by atoms with E-state index < -0.39 is 0 Å². The number of rotatable bonds is 0. The van der Waals surface area contributed by atoms with Gasteiger partial charge in [0.05, 0.1) is 0 Å². The van der Waals surface area contributed by atoms with Gasteiger partial charge in [-0.05, 0) is 0 Å². The molecule has 103 heavy (non-hydrogen) atoms. The van der Waals surface area contributed by atoms with Gasteiger partial charge in [0.15, 0.2) is 0 Å². The van der Waals surface area contributed by atoms with E-state index in [2.05, 4.69) is 0 Å². The standard InChI is InChI=1S/15Ca.88H2O/h;;;;;;;;;;;;;;;88*1H2/q15*+2;;;;;;;;;;;;;;;;;;;;;;;;;;;;;;;;;;;;;;;;;;;;;;;;;;;;;;;;;;;;;;;;;;;;;;;;;;;;;;;;;;;;;;;;/p-30. The molecule has 0 atom stereocenters. The van der Waals surface area contributed by atoms with Crippen molar-refractivity contribution >= 4 is 566 Å². The van der Waals surface area contributed by atoms with Crippen LogP contribution in [0.3, 0.4) is 0 Å². The van der Waals surface area contributed by atoms with Gasteiger partial charge in [-0.2, -0.15) is 0 Å². The van der Waals surface area contributed by atoms with Crippen molar-refractivity contribution in [2.75, 3.05) is 0 Å². The molecule has 0 fully saturated rings. The maximum absolute atomic E-state index is 0. The summed E-state index contributed by atoms with van der Waals surface area (Å²) in [5, 5.41) is 0. The summed E-state index contributed by atoms with van der Waals surface area (Å²) < 4.78 is 0. The van der Waals surface area contributed by atoms with Crippen LogP contribution in [-0.2, 0) is 0 Å². The van der Waals surface area contributed by atoms with Crippen LogP contribution in [0.25, 0.3) is 0 Å². The van der Waals surface area contributed by atoms with Crippen molar-refractivity contribution in [2.45, 2.75) is 0 Å². The Morgan fingerprint density at radius 3 is 0.0291 bits per heavy atom. The van der Waals surface area contributed by atoms with Crippen LogP contribution in [0.1, 0.15) is 0 Å². The SMILES string of the molecule is O.O.O.O.O.O.O.O.O.O.O.O.O.O.O.O.O.O.O.O.O.O.O.O.O.O.O.O.O.O.O.O.O.O.O.O.O.O.O.O.O.O.O.O.O.O.O.O.O.O.O.O.O.O.O.O.O.O.[Ca+2].[Ca+2].[Ca+2].[Ca+2].[Ca+2].[Ca+2].[Ca+2].[Ca+2].[Ca+2].[Ca+2].[Ca+2].[Ca+2].[Ca+2].[Ca+2].[Ca+2].[OH-].[OH-].[OH-].[OH-].[OH-].[OH-].[OH-].[OH-].[OH-].[OH-].[OH-].[OH-].[OH-].[OH-].[OH-].[OH-].[OH-].[OH-].[OH-].[OH-].[OH-].[OH-].[OH-].[OH-].[OH-].[OH-].[OH-].[OH-].[OH-].[OH-]. The summed E-state index contributed by atoms with van der Waals surface area (Å²) >= 11 is 0. The topological polar surface area (TPSA) is 2730 Å². The fourth-order valence-electron chi connectivity index (χ4n) is 0. The summed E-state index contributed by atoms with van der Waals surface area (Å²) in [5.41, 5.74) is 0. The molecule has 0 saturated carbocycles. The van der Waals surface area contributed by atoms with Gasteiger partial charge in [0.1, 0.15) is 0 Å². The molecule has 146 N–H and O–H groups in total. The van der Waals surface area contributed by atoms with E-state index in [-0.39, 0.29) is 1050 Å². The molecule has 0 amide bonds. The minimum absolute atomic E-state index is 0. The Morgan fingerprint density at radius 1 is 0.0291 bits per heavy atom. The summed E-state index contributed by atoms with van der Waals surface area (Å²) in [6.07, 6.45) is 0. The molecule has 0 unspecified atom stereocenters. The van der Waals surface area contributed by atoms with E-state index in [1.807, 2.05) is 0 Å². The van der Waals surface area contributed by atoms with Crippen molar-refractivity contribution in [3.8, 4) is 0 Å². The fourth-order valence-corrected chi connectivity index (χ4v) is 0. The Labute approximate surface area is 1030 Å². The molecule has 704 valence electrons. The Hall–Kier alpha value is 15.4. The molecule has 0 heterocycles. The van der Waals surface area contributed by atoms with E-state index in [0.717, 1.165) is 0 Å². The predicted octanol–water partition coefficient (Wildman–Crippen LogP) is -58.8. The van der Waals surface area contributed by atoms with E-state index in [9.17, 15) is 0 Å². The van der Waals surface area contributed by atoms with Crippen LogP contribution in [0.2, 0.25) is 0 Å². The maximum atomic E-state index is 0. The molecular formula is H146Ca15O88. The van der Waals surface area contributed by atoms with Crippen molar-refractivity contribution in [1.29, 1.82) is 0 Å². The molecule has 0 bridgehead atoms. The average molecular weight is 2160 g/mol. The summed E-state index contributed by atoms with van der Waals surface area (Å²) in [5.74, 6) is 0. The minimum Gasteiger partial charge on any atom is -0.870 e. The van der Waals surface area contributed by atoms with Crippen molar-refractivity contribution in [1.82, 2.24) is 0 Å². The molecule has 0 aliphatic carbocycles. The van der Waals surface area contributed by atoms with Gasteiger partial charge in [0, 0.05) is 0 Å². The van der Waals surface area contributed by atoms with Gasteiger partial charge >= 0.3 is 566 Å². The summed E-state index contributed by atoms with van der Waals surface area (Å²) in [4.78, 5) is 0. The van der Waals surface area contributed by atoms with Crippen molar-refractivity contribution in [3.05, 3.63) is 0 Å². The van der Waals surface area contributed by atoms with Gasteiger partial charge in [-0.3, -0.25) is 0 Å². The third-order valence-corrected chi connectivity index (χ3v) is 0. The average Bonchev–Trinajstić information content (AvgIpc) is 0. The molecule has 0 rings (SSSR count). The Kier molecular flexibility index (Phi) is 450000. The molecule has 0 radical (unpaired) electrons.